The van der Waals surface area contributed by atoms with Crippen molar-refractivity contribution in [3.8, 4) is 5.75 Å². The number of aromatic nitrogens is 1. The molecule has 0 aliphatic heterocycles. The quantitative estimate of drug-likeness (QED) is 0.884. The van der Waals surface area contributed by atoms with E-state index in [0.717, 1.165) is 23.7 Å². The summed E-state index contributed by atoms with van der Waals surface area (Å²) in [5, 5.41) is 3.56. The van der Waals surface area contributed by atoms with E-state index in [4.69, 9.17) is 4.74 Å². The molecule has 2 aromatic rings. The van der Waals surface area contributed by atoms with Crippen LogP contribution in [0.25, 0.3) is 0 Å². The van der Waals surface area contributed by atoms with Crippen molar-refractivity contribution in [2.75, 3.05) is 19.1 Å². The number of para-hydroxylation sites is 2. The van der Waals surface area contributed by atoms with Crippen molar-refractivity contribution in [3.63, 3.8) is 0 Å². The molecule has 3 rings (SSSR count). The summed E-state index contributed by atoms with van der Waals surface area (Å²) in [6.07, 6.45) is 6.35. The normalized spacial score (nSPS) is 14.0. The third kappa shape index (κ3) is 3.16. The molecule has 4 heteroatoms. The van der Waals surface area contributed by atoms with Gasteiger partial charge in [-0.25, -0.2) is 0 Å². The Kier molecular flexibility index (Phi) is 4.06. The van der Waals surface area contributed by atoms with E-state index in [9.17, 15) is 0 Å². The van der Waals surface area contributed by atoms with E-state index in [1.165, 1.54) is 18.4 Å². The fourth-order valence-electron chi connectivity index (χ4n) is 2.44. The van der Waals surface area contributed by atoms with Gasteiger partial charge in [0, 0.05) is 25.8 Å². The van der Waals surface area contributed by atoms with Gasteiger partial charge in [0.15, 0.2) is 0 Å². The molecule has 1 aliphatic rings. The van der Waals surface area contributed by atoms with Crippen LogP contribution >= 0.6 is 0 Å². The van der Waals surface area contributed by atoms with Crippen LogP contribution in [0, 0.1) is 0 Å². The summed E-state index contributed by atoms with van der Waals surface area (Å²) in [4.78, 5) is 6.41. The maximum atomic E-state index is 5.46. The number of anilines is 2. The summed E-state index contributed by atoms with van der Waals surface area (Å²) in [7, 11) is 3.75. The lowest BCUT2D eigenvalue weighted by molar-refractivity contribution is 0.415. The van der Waals surface area contributed by atoms with Crippen LogP contribution in [0.4, 0.5) is 11.4 Å². The van der Waals surface area contributed by atoms with Crippen LogP contribution in [0.1, 0.15) is 18.4 Å². The van der Waals surface area contributed by atoms with Crippen LogP contribution < -0.4 is 15.0 Å². The molecule has 1 N–H and O–H groups in total. The smallest absolute Gasteiger partial charge is 0.142 e. The minimum absolute atomic E-state index is 0.697. The van der Waals surface area contributed by atoms with Crippen molar-refractivity contribution in [3.05, 3.63) is 48.3 Å². The monoisotopic (exact) mass is 283 g/mol. The molecule has 1 saturated carbocycles. The molecule has 0 atom stereocenters. The molecule has 1 fully saturated rings. The van der Waals surface area contributed by atoms with Gasteiger partial charge in [0.2, 0.25) is 0 Å². The molecule has 0 radical (unpaired) electrons. The largest absolute Gasteiger partial charge is 0.495 e. The lowest BCUT2D eigenvalue weighted by Crippen LogP contribution is -2.19. The molecule has 0 bridgehead atoms. The Morgan fingerprint density at radius 1 is 1.24 bits per heavy atom. The first-order chi connectivity index (χ1) is 10.3. The second-order valence-corrected chi connectivity index (χ2v) is 5.39. The van der Waals surface area contributed by atoms with Crippen molar-refractivity contribution in [1.29, 1.82) is 0 Å². The molecule has 0 unspecified atom stereocenters. The standard InChI is InChI=1S/C17H21N3O/c1-20(15-5-3-4-6-17(15)21-2)16-12-18-10-9-13(16)11-19-14-7-8-14/h3-6,9-10,12,14,19H,7-8,11H2,1-2H3. The highest BCUT2D eigenvalue weighted by Crippen LogP contribution is 2.33. The minimum atomic E-state index is 0.697. The Hall–Kier alpha value is -2.07. The lowest BCUT2D eigenvalue weighted by Gasteiger charge is -2.24. The molecule has 1 aromatic heterocycles. The summed E-state index contributed by atoms with van der Waals surface area (Å²) in [5.41, 5.74) is 3.40. The van der Waals surface area contributed by atoms with Gasteiger partial charge in [-0.2, -0.15) is 0 Å². The molecular formula is C17H21N3O. The minimum Gasteiger partial charge on any atom is -0.495 e. The van der Waals surface area contributed by atoms with Crippen LogP contribution in [0.3, 0.4) is 0 Å². The Morgan fingerprint density at radius 2 is 2.05 bits per heavy atom. The predicted molar refractivity (Wildman–Crippen MR) is 85.2 cm³/mol. The zero-order chi connectivity index (χ0) is 14.7. The molecule has 1 heterocycles. The van der Waals surface area contributed by atoms with Crippen molar-refractivity contribution in [2.45, 2.75) is 25.4 Å². The molecule has 1 aliphatic carbocycles. The summed E-state index contributed by atoms with van der Waals surface area (Å²) < 4.78 is 5.46. The molecule has 1 aromatic carbocycles. The molecule has 21 heavy (non-hydrogen) atoms. The number of hydrogen-bond acceptors (Lipinski definition) is 4. The van der Waals surface area contributed by atoms with E-state index in [1.54, 1.807) is 7.11 Å². The van der Waals surface area contributed by atoms with Crippen molar-refractivity contribution < 1.29 is 4.74 Å². The van der Waals surface area contributed by atoms with Gasteiger partial charge in [-0.1, -0.05) is 12.1 Å². The first-order valence-corrected chi connectivity index (χ1v) is 7.32. The highest BCUT2D eigenvalue weighted by molar-refractivity contribution is 5.70. The second-order valence-electron chi connectivity index (χ2n) is 5.39. The van der Waals surface area contributed by atoms with Crippen LogP contribution in [0.5, 0.6) is 5.75 Å². The zero-order valence-electron chi connectivity index (χ0n) is 12.5. The van der Waals surface area contributed by atoms with Crippen molar-refractivity contribution in [1.82, 2.24) is 10.3 Å². The van der Waals surface area contributed by atoms with E-state index in [1.807, 2.05) is 30.6 Å². The number of nitrogens with one attached hydrogen (secondary N) is 1. The van der Waals surface area contributed by atoms with Crippen LogP contribution in [0.2, 0.25) is 0 Å². The first kappa shape index (κ1) is 13.9. The summed E-state index contributed by atoms with van der Waals surface area (Å²) in [6.45, 7) is 0.877. The fraction of sp³-hybridized carbons (Fsp3) is 0.353. The first-order valence-electron chi connectivity index (χ1n) is 7.32. The molecule has 0 amide bonds. The summed E-state index contributed by atoms with van der Waals surface area (Å²) in [6, 6.07) is 10.8. The van der Waals surface area contributed by atoms with Crippen LogP contribution in [-0.2, 0) is 6.54 Å². The van der Waals surface area contributed by atoms with Crippen molar-refractivity contribution in [2.24, 2.45) is 0 Å². The van der Waals surface area contributed by atoms with Gasteiger partial charge in [0.1, 0.15) is 5.75 Å². The lowest BCUT2D eigenvalue weighted by atomic mass is 10.2. The SMILES string of the molecule is COc1ccccc1N(C)c1cnccc1CNC1CC1. The highest BCUT2D eigenvalue weighted by Gasteiger charge is 2.21. The number of rotatable bonds is 6. The van der Waals surface area contributed by atoms with Gasteiger partial charge in [0.05, 0.1) is 24.7 Å². The van der Waals surface area contributed by atoms with Gasteiger partial charge < -0.3 is 15.0 Å². The van der Waals surface area contributed by atoms with E-state index >= 15 is 0 Å². The number of methoxy groups -OCH3 is 1. The van der Waals surface area contributed by atoms with E-state index in [2.05, 4.69) is 34.4 Å². The Labute approximate surface area is 125 Å². The fourth-order valence-corrected chi connectivity index (χ4v) is 2.44. The number of ether oxygens (including phenoxy) is 1. The zero-order valence-corrected chi connectivity index (χ0v) is 12.5. The van der Waals surface area contributed by atoms with Gasteiger partial charge in [-0.05, 0) is 36.6 Å². The summed E-state index contributed by atoms with van der Waals surface area (Å²) >= 11 is 0. The van der Waals surface area contributed by atoms with Crippen LogP contribution in [0.15, 0.2) is 42.7 Å². The molecule has 0 spiro atoms. The Bertz CT molecular complexity index is 610. The molecular weight excluding hydrogens is 262 g/mol. The van der Waals surface area contributed by atoms with Gasteiger partial charge in [0.25, 0.3) is 0 Å². The average molecular weight is 283 g/mol. The average Bonchev–Trinajstić information content (AvgIpc) is 3.37. The van der Waals surface area contributed by atoms with Crippen molar-refractivity contribution >= 4 is 11.4 Å². The third-order valence-corrected chi connectivity index (χ3v) is 3.85. The van der Waals surface area contributed by atoms with Gasteiger partial charge in [-0.15, -0.1) is 0 Å². The van der Waals surface area contributed by atoms with Crippen LogP contribution in [-0.4, -0.2) is 25.2 Å². The van der Waals surface area contributed by atoms with Gasteiger partial charge in [-0.3, -0.25) is 4.98 Å². The Morgan fingerprint density at radius 3 is 2.81 bits per heavy atom. The van der Waals surface area contributed by atoms with E-state index < -0.39 is 0 Å². The second kappa shape index (κ2) is 6.14. The van der Waals surface area contributed by atoms with E-state index in [-0.39, 0.29) is 0 Å². The summed E-state index contributed by atoms with van der Waals surface area (Å²) in [5.74, 6) is 0.866. The molecule has 4 nitrogen and oxygen atoms in total. The third-order valence-electron chi connectivity index (χ3n) is 3.85. The number of hydrogen-bond donors (Lipinski definition) is 1. The number of pyridine rings is 1. The Balaban J connectivity index is 1.87. The molecule has 110 valence electrons. The topological polar surface area (TPSA) is 37.4 Å². The highest BCUT2D eigenvalue weighted by atomic mass is 16.5. The molecule has 0 saturated heterocycles. The number of nitrogens with zero attached hydrogens (tertiary/aromatic N) is 2. The van der Waals surface area contributed by atoms with E-state index in [0.29, 0.717) is 6.04 Å². The maximum absolute atomic E-state index is 5.46. The number of benzene rings is 1. The van der Waals surface area contributed by atoms with Gasteiger partial charge >= 0.3 is 0 Å². The maximum Gasteiger partial charge on any atom is 0.142 e. The predicted octanol–water partition coefficient (Wildman–Crippen LogP) is 3.11.